The summed E-state index contributed by atoms with van der Waals surface area (Å²) in [6.07, 6.45) is 0.922. The summed E-state index contributed by atoms with van der Waals surface area (Å²) in [6, 6.07) is 11.0. The second-order valence-electron chi connectivity index (χ2n) is 7.99. The van der Waals surface area contributed by atoms with Gasteiger partial charge in [-0.15, -0.1) is 0 Å². The summed E-state index contributed by atoms with van der Waals surface area (Å²) in [4.78, 5) is 40.6. The molecule has 0 radical (unpaired) electrons. The van der Waals surface area contributed by atoms with Crippen molar-refractivity contribution in [2.24, 2.45) is 5.92 Å². The van der Waals surface area contributed by atoms with Crippen LogP contribution in [0.1, 0.15) is 18.9 Å². The molecule has 2 aromatic carbocycles. The molecule has 0 aromatic heterocycles. The molecule has 1 saturated heterocycles. The van der Waals surface area contributed by atoms with Crippen LogP contribution in [0.3, 0.4) is 0 Å². The van der Waals surface area contributed by atoms with Crippen LogP contribution in [-0.4, -0.2) is 44.0 Å². The lowest BCUT2D eigenvalue weighted by molar-refractivity contribution is -0.122. The van der Waals surface area contributed by atoms with E-state index in [4.69, 9.17) is 9.47 Å². The highest BCUT2D eigenvalue weighted by Gasteiger charge is 2.36. The summed E-state index contributed by atoms with van der Waals surface area (Å²) in [5.74, 6) is 0.555. The number of anilines is 3. The van der Waals surface area contributed by atoms with Crippen LogP contribution >= 0.6 is 0 Å². The lowest BCUT2D eigenvalue weighted by Crippen LogP contribution is -2.28. The Hall–Kier alpha value is -3.55. The largest absolute Gasteiger partial charge is 0.486 e. The molecule has 31 heavy (non-hydrogen) atoms. The molecule has 0 spiro atoms. The van der Waals surface area contributed by atoms with Gasteiger partial charge in [0.25, 0.3) is 0 Å². The van der Waals surface area contributed by atoms with Crippen LogP contribution in [0, 0.1) is 5.92 Å². The first-order chi connectivity index (χ1) is 15.0. The Kier molecular flexibility index (Phi) is 4.77. The van der Waals surface area contributed by atoms with Crippen LogP contribution in [0.15, 0.2) is 36.4 Å². The van der Waals surface area contributed by atoms with Gasteiger partial charge in [0.05, 0.1) is 5.92 Å². The number of fused-ring (bicyclic) bond motifs is 2. The number of carbonyl (C=O) groups is 3. The molecule has 0 saturated carbocycles. The van der Waals surface area contributed by atoms with Crippen molar-refractivity contribution in [3.05, 3.63) is 42.0 Å². The number of amides is 3. The third-order valence-electron chi connectivity index (χ3n) is 5.96. The number of hydrogen-bond acceptors (Lipinski definition) is 5. The summed E-state index contributed by atoms with van der Waals surface area (Å²) >= 11 is 0. The van der Waals surface area contributed by atoms with E-state index in [0.29, 0.717) is 43.5 Å². The Morgan fingerprint density at radius 2 is 1.87 bits per heavy atom. The molecule has 3 aliphatic rings. The standard InChI is InChI=1S/C23H23N3O5/c1-14(27)25-7-6-15-10-18(3-4-19(15)25)26-13-16(11-22(26)28)23(29)24-17-2-5-20-21(12-17)31-9-8-30-20/h2-5,10,12,16H,6-9,11,13H2,1H3,(H,24,29). The van der Waals surface area contributed by atoms with E-state index in [-0.39, 0.29) is 24.1 Å². The Morgan fingerprint density at radius 3 is 2.68 bits per heavy atom. The van der Waals surface area contributed by atoms with Crippen molar-refractivity contribution in [3.63, 3.8) is 0 Å². The number of nitrogens with one attached hydrogen (secondary N) is 1. The highest BCUT2D eigenvalue weighted by atomic mass is 16.6. The molecule has 2 aromatic rings. The zero-order valence-corrected chi connectivity index (χ0v) is 17.2. The predicted octanol–water partition coefficient (Wildman–Crippen LogP) is 2.36. The van der Waals surface area contributed by atoms with Crippen molar-refractivity contribution in [1.29, 1.82) is 0 Å². The van der Waals surface area contributed by atoms with Gasteiger partial charge in [-0.3, -0.25) is 14.4 Å². The zero-order valence-electron chi connectivity index (χ0n) is 17.2. The number of nitrogens with zero attached hydrogens (tertiary/aromatic N) is 2. The average molecular weight is 421 g/mol. The number of carbonyl (C=O) groups excluding carboxylic acids is 3. The highest BCUT2D eigenvalue weighted by Crippen LogP contribution is 2.35. The van der Waals surface area contributed by atoms with Crippen LogP contribution in [0.5, 0.6) is 11.5 Å². The summed E-state index contributed by atoms with van der Waals surface area (Å²) in [6.45, 7) is 3.51. The molecule has 5 rings (SSSR count). The maximum absolute atomic E-state index is 12.8. The summed E-state index contributed by atoms with van der Waals surface area (Å²) < 4.78 is 11.1. The van der Waals surface area contributed by atoms with E-state index in [1.165, 1.54) is 0 Å². The molecule has 160 valence electrons. The van der Waals surface area contributed by atoms with E-state index in [9.17, 15) is 14.4 Å². The molecule has 0 bridgehead atoms. The fourth-order valence-corrected chi connectivity index (χ4v) is 4.38. The van der Waals surface area contributed by atoms with E-state index < -0.39 is 5.92 Å². The molecule has 1 N–H and O–H groups in total. The number of rotatable bonds is 3. The molecule has 1 fully saturated rings. The van der Waals surface area contributed by atoms with Crippen LogP contribution in [-0.2, 0) is 20.8 Å². The summed E-state index contributed by atoms with van der Waals surface area (Å²) in [5, 5.41) is 2.89. The highest BCUT2D eigenvalue weighted by molar-refractivity contribution is 6.04. The molecule has 3 amide bonds. The third-order valence-corrected chi connectivity index (χ3v) is 5.96. The fourth-order valence-electron chi connectivity index (χ4n) is 4.38. The molecule has 8 heteroatoms. The number of ether oxygens (including phenoxy) is 2. The lowest BCUT2D eigenvalue weighted by atomic mass is 10.1. The average Bonchev–Trinajstić information content (AvgIpc) is 3.37. The summed E-state index contributed by atoms with van der Waals surface area (Å²) in [7, 11) is 0. The number of hydrogen-bond donors (Lipinski definition) is 1. The second-order valence-corrected chi connectivity index (χ2v) is 7.99. The van der Waals surface area contributed by atoms with Gasteiger partial charge in [0.2, 0.25) is 17.7 Å². The van der Waals surface area contributed by atoms with Gasteiger partial charge in [-0.2, -0.15) is 0 Å². The van der Waals surface area contributed by atoms with Gasteiger partial charge in [-0.1, -0.05) is 0 Å². The fraction of sp³-hybridized carbons (Fsp3) is 0.348. The SMILES string of the molecule is CC(=O)N1CCc2cc(N3CC(C(=O)Nc4ccc5c(c4)OCCO5)CC3=O)ccc21. The van der Waals surface area contributed by atoms with Gasteiger partial charge in [-0.25, -0.2) is 0 Å². The van der Waals surface area contributed by atoms with Gasteiger partial charge >= 0.3 is 0 Å². The predicted molar refractivity (Wildman–Crippen MR) is 115 cm³/mol. The Balaban J connectivity index is 1.28. The third kappa shape index (κ3) is 3.58. The molecule has 8 nitrogen and oxygen atoms in total. The molecule has 1 atom stereocenters. The van der Waals surface area contributed by atoms with Gasteiger partial charge < -0.3 is 24.6 Å². The van der Waals surface area contributed by atoms with Crippen LogP contribution in [0.2, 0.25) is 0 Å². The Labute approximate surface area is 179 Å². The zero-order chi connectivity index (χ0) is 21.5. The smallest absolute Gasteiger partial charge is 0.229 e. The monoisotopic (exact) mass is 421 g/mol. The van der Waals surface area contributed by atoms with Gasteiger partial charge in [0.1, 0.15) is 13.2 Å². The first-order valence-electron chi connectivity index (χ1n) is 10.4. The molecule has 0 aliphatic carbocycles. The van der Waals surface area contributed by atoms with Crippen LogP contribution < -0.4 is 24.6 Å². The van der Waals surface area contributed by atoms with Gasteiger partial charge in [-0.05, 0) is 42.3 Å². The van der Waals surface area contributed by atoms with E-state index in [0.717, 1.165) is 23.4 Å². The maximum atomic E-state index is 12.8. The quantitative estimate of drug-likeness (QED) is 0.822. The maximum Gasteiger partial charge on any atom is 0.229 e. The molecule has 3 aliphatic heterocycles. The van der Waals surface area contributed by atoms with Crippen molar-refractivity contribution in [1.82, 2.24) is 0 Å². The molecule has 1 unspecified atom stereocenters. The van der Waals surface area contributed by atoms with Crippen molar-refractivity contribution in [3.8, 4) is 11.5 Å². The van der Waals surface area contributed by atoms with Gasteiger partial charge in [0, 0.05) is 49.6 Å². The van der Waals surface area contributed by atoms with Crippen molar-refractivity contribution < 1.29 is 23.9 Å². The number of benzene rings is 2. The molecular weight excluding hydrogens is 398 g/mol. The topological polar surface area (TPSA) is 88.2 Å². The second kappa shape index (κ2) is 7.61. The van der Waals surface area contributed by atoms with E-state index >= 15 is 0 Å². The lowest BCUT2D eigenvalue weighted by Gasteiger charge is -2.20. The van der Waals surface area contributed by atoms with Crippen molar-refractivity contribution >= 4 is 34.8 Å². The summed E-state index contributed by atoms with van der Waals surface area (Å²) in [5.41, 5.74) is 3.33. The van der Waals surface area contributed by atoms with Crippen LogP contribution in [0.4, 0.5) is 17.1 Å². The van der Waals surface area contributed by atoms with Gasteiger partial charge in [0.15, 0.2) is 11.5 Å². The van der Waals surface area contributed by atoms with E-state index in [2.05, 4.69) is 5.32 Å². The van der Waals surface area contributed by atoms with Crippen molar-refractivity contribution in [2.45, 2.75) is 19.8 Å². The minimum Gasteiger partial charge on any atom is -0.486 e. The minimum absolute atomic E-state index is 0.0135. The normalized spacial score (nSPS) is 19.4. The Bertz CT molecular complexity index is 1080. The first-order valence-corrected chi connectivity index (χ1v) is 10.4. The molecular formula is C23H23N3O5. The van der Waals surface area contributed by atoms with Crippen molar-refractivity contribution in [2.75, 3.05) is 41.4 Å². The molecule has 3 heterocycles. The van der Waals surface area contributed by atoms with E-state index in [1.807, 2.05) is 18.2 Å². The van der Waals surface area contributed by atoms with Crippen LogP contribution in [0.25, 0.3) is 0 Å². The minimum atomic E-state index is -0.442. The first kappa shape index (κ1) is 19.4. The Morgan fingerprint density at radius 1 is 1.06 bits per heavy atom. The van der Waals surface area contributed by atoms with E-state index in [1.54, 1.807) is 34.9 Å².